The van der Waals surface area contributed by atoms with Crippen molar-refractivity contribution in [2.75, 3.05) is 39.9 Å². The van der Waals surface area contributed by atoms with Crippen molar-refractivity contribution >= 4 is 0 Å². The SMILES string of the molecule is COCCN1CC2CN(C(C)(C)C)CC21. The van der Waals surface area contributed by atoms with Crippen LogP contribution in [0.1, 0.15) is 20.8 Å². The summed E-state index contributed by atoms with van der Waals surface area (Å²) in [5.41, 5.74) is 0.338. The van der Waals surface area contributed by atoms with E-state index < -0.39 is 0 Å². The summed E-state index contributed by atoms with van der Waals surface area (Å²) in [5, 5.41) is 0. The highest BCUT2D eigenvalue weighted by Gasteiger charge is 2.47. The first-order chi connectivity index (χ1) is 7.02. The van der Waals surface area contributed by atoms with Gasteiger partial charge in [0.2, 0.25) is 0 Å². The van der Waals surface area contributed by atoms with Crippen LogP contribution in [0.15, 0.2) is 0 Å². The van der Waals surface area contributed by atoms with Gasteiger partial charge >= 0.3 is 0 Å². The van der Waals surface area contributed by atoms with Crippen LogP contribution in [0.2, 0.25) is 0 Å². The molecule has 2 rings (SSSR count). The Kier molecular flexibility index (Phi) is 3.06. The van der Waals surface area contributed by atoms with Crippen LogP contribution in [-0.4, -0.2) is 61.3 Å². The van der Waals surface area contributed by atoms with Crippen molar-refractivity contribution in [3.05, 3.63) is 0 Å². The molecule has 0 saturated carbocycles. The minimum absolute atomic E-state index is 0.338. The number of likely N-dealkylation sites (tertiary alicyclic amines) is 2. The number of ether oxygens (including phenoxy) is 1. The average Bonchev–Trinajstić information content (AvgIpc) is 2.44. The Morgan fingerprint density at radius 2 is 1.93 bits per heavy atom. The van der Waals surface area contributed by atoms with Crippen molar-refractivity contribution in [1.29, 1.82) is 0 Å². The van der Waals surface area contributed by atoms with E-state index in [1.54, 1.807) is 7.11 Å². The fraction of sp³-hybridized carbons (Fsp3) is 1.00. The van der Waals surface area contributed by atoms with E-state index in [0.717, 1.165) is 25.1 Å². The van der Waals surface area contributed by atoms with Gasteiger partial charge < -0.3 is 4.74 Å². The summed E-state index contributed by atoms with van der Waals surface area (Å²) in [5.74, 6) is 0.918. The summed E-state index contributed by atoms with van der Waals surface area (Å²) in [6.07, 6.45) is 0. The molecule has 2 atom stereocenters. The van der Waals surface area contributed by atoms with Gasteiger partial charge in [0.25, 0.3) is 0 Å². The maximum Gasteiger partial charge on any atom is 0.0589 e. The van der Waals surface area contributed by atoms with Crippen LogP contribution in [-0.2, 0) is 4.74 Å². The van der Waals surface area contributed by atoms with Crippen LogP contribution in [0.3, 0.4) is 0 Å². The Labute approximate surface area is 93.4 Å². The molecule has 0 spiro atoms. The summed E-state index contributed by atoms with van der Waals surface area (Å²) in [6.45, 7) is 12.7. The number of hydrogen-bond acceptors (Lipinski definition) is 3. The quantitative estimate of drug-likeness (QED) is 0.695. The minimum Gasteiger partial charge on any atom is -0.383 e. The number of nitrogens with zero attached hydrogens (tertiary/aromatic N) is 2. The number of fused-ring (bicyclic) bond motifs is 1. The Morgan fingerprint density at radius 3 is 2.53 bits per heavy atom. The molecule has 0 aromatic rings. The van der Waals surface area contributed by atoms with Crippen molar-refractivity contribution in [2.45, 2.75) is 32.4 Å². The van der Waals surface area contributed by atoms with Crippen LogP contribution in [0.25, 0.3) is 0 Å². The summed E-state index contributed by atoms with van der Waals surface area (Å²) in [4.78, 5) is 5.19. The zero-order chi connectivity index (χ0) is 11.1. The standard InChI is InChI=1S/C12H24N2O/c1-12(2,3)14-8-10-7-13(5-6-15-4)11(10)9-14/h10-11H,5-9H2,1-4H3. The van der Waals surface area contributed by atoms with Gasteiger partial charge in [0, 0.05) is 50.8 Å². The normalized spacial score (nSPS) is 32.8. The van der Waals surface area contributed by atoms with Gasteiger partial charge in [-0.05, 0) is 20.8 Å². The lowest BCUT2D eigenvalue weighted by Crippen LogP contribution is -2.56. The van der Waals surface area contributed by atoms with Crippen molar-refractivity contribution < 1.29 is 4.74 Å². The van der Waals surface area contributed by atoms with E-state index in [9.17, 15) is 0 Å². The van der Waals surface area contributed by atoms with Gasteiger partial charge in [-0.3, -0.25) is 9.80 Å². The predicted molar refractivity (Wildman–Crippen MR) is 62.1 cm³/mol. The number of methoxy groups -OCH3 is 1. The molecule has 15 heavy (non-hydrogen) atoms. The Morgan fingerprint density at radius 1 is 1.20 bits per heavy atom. The van der Waals surface area contributed by atoms with Gasteiger partial charge in [-0.1, -0.05) is 0 Å². The maximum absolute atomic E-state index is 5.14. The number of rotatable bonds is 3. The fourth-order valence-corrected chi connectivity index (χ4v) is 2.76. The van der Waals surface area contributed by atoms with Gasteiger partial charge in [-0.15, -0.1) is 0 Å². The van der Waals surface area contributed by atoms with Gasteiger partial charge in [-0.25, -0.2) is 0 Å². The molecule has 0 aromatic heterocycles. The van der Waals surface area contributed by atoms with Crippen LogP contribution in [0.5, 0.6) is 0 Å². The molecule has 3 heteroatoms. The molecule has 2 saturated heterocycles. The predicted octanol–water partition coefficient (Wildman–Crippen LogP) is 1.05. The summed E-state index contributed by atoms with van der Waals surface area (Å²) < 4.78 is 5.14. The highest BCUT2D eigenvalue weighted by atomic mass is 16.5. The smallest absolute Gasteiger partial charge is 0.0589 e. The van der Waals surface area contributed by atoms with E-state index in [4.69, 9.17) is 4.74 Å². The van der Waals surface area contributed by atoms with E-state index in [1.165, 1.54) is 19.6 Å². The average molecular weight is 212 g/mol. The monoisotopic (exact) mass is 212 g/mol. The molecule has 2 unspecified atom stereocenters. The van der Waals surface area contributed by atoms with E-state index in [2.05, 4.69) is 30.6 Å². The van der Waals surface area contributed by atoms with E-state index in [1.807, 2.05) is 0 Å². The molecule has 0 amide bonds. The van der Waals surface area contributed by atoms with Crippen molar-refractivity contribution in [3.63, 3.8) is 0 Å². The van der Waals surface area contributed by atoms with Gasteiger partial charge in [0.05, 0.1) is 6.61 Å². The maximum atomic E-state index is 5.14. The first-order valence-corrected chi connectivity index (χ1v) is 6.00. The second-order valence-electron chi connectivity index (χ2n) is 5.89. The molecule has 0 radical (unpaired) electrons. The zero-order valence-electron chi connectivity index (χ0n) is 10.5. The third-order valence-corrected chi connectivity index (χ3v) is 3.88. The van der Waals surface area contributed by atoms with Gasteiger partial charge in [0.15, 0.2) is 0 Å². The lowest BCUT2D eigenvalue weighted by atomic mass is 9.92. The molecule has 2 heterocycles. The Hall–Kier alpha value is -0.120. The first-order valence-electron chi connectivity index (χ1n) is 6.00. The van der Waals surface area contributed by atoms with Crippen LogP contribution >= 0.6 is 0 Å². The Balaban J connectivity index is 1.83. The second kappa shape index (κ2) is 4.04. The van der Waals surface area contributed by atoms with E-state index in [-0.39, 0.29) is 0 Å². The molecular formula is C12H24N2O. The molecule has 0 aromatic carbocycles. The topological polar surface area (TPSA) is 15.7 Å². The highest BCUT2D eigenvalue weighted by molar-refractivity contribution is 5.02. The van der Waals surface area contributed by atoms with Crippen molar-refractivity contribution in [2.24, 2.45) is 5.92 Å². The van der Waals surface area contributed by atoms with E-state index in [0.29, 0.717) is 5.54 Å². The minimum atomic E-state index is 0.338. The second-order valence-corrected chi connectivity index (χ2v) is 5.89. The molecular weight excluding hydrogens is 188 g/mol. The van der Waals surface area contributed by atoms with Crippen molar-refractivity contribution in [3.8, 4) is 0 Å². The van der Waals surface area contributed by atoms with Crippen LogP contribution < -0.4 is 0 Å². The third-order valence-electron chi connectivity index (χ3n) is 3.88. The summed E-state index contributed by atoms with van der Waals surface area (Å²) in [7, 11) is 1.79. The number of hydrogen-bond donors (Lipinski definition) is 0. The molecule has 3 nitrogen and oxygen atoms in total. The Bertz CT molecular complexity index is 224. The van der Waals surface area contributed by atoms with E-state index >= 15 is 0 Å². The molecule has 88 valence electrons. The molecule has 0 aliphatic carbocycles. The van der Waals surface area contributed by atoms with Gasteiger partial charge in [0.1, 0.15) is 0 Å². The molecule has 0 bridgehead atoms. The lowest BCUT2D eigenvalue weighted by molar-refractivity contribution is 0.0263. The third kappa shape index (κ3) is 2.19. The molecule has 2 aliphatic rings. The largest absolute Gasteiger partial charge is 0.383 e. The zero-order valence-corrected chi connectivity index (χ0v) is 10.5. The van der Waals surface area contributed by atoms with Crippen LogP contribution in [0, 0.1) is 5.92 Å². The fourth-order valence-electron chi connectivity index (χ4n) is 2.76. The first kappa shape index (κ1) is 11.4. The molecule has 0 N–H and O–H groups in total. The van der Waals surface area contributed by atoms with Gasteiger partial charge in [-0.2, -0.15) is 0 Å². The highest BCUT2D eigenvalue weighted by Crippen LogP contribution is 2.35. The van der Waals surface area contributed by atoms with Crippen LogP contribution in [0.4, 0.5) is 0 Å². The summed E-state index contributed by atoms with van der Waals surface area (Å²) >= 11 is 0. The lowest BCUT2D eigenvalue weighted by Gasteiger charge is -2.43. The van der Waals surface area contributed by atoms with Crippen molar-refractivity contribution in [1.82, 2.24) is 9.80 Å². The summed E-state index contributed by atoms with van der Waals surface area (Å²) in [6, 6.07) is 0.805. The molecule has 2 aliphatic heterocycles. The molecule has 2 fully saturated rings.